The van der Waals surface area contributed by atoms with Crippen molar-refractivity contribution in [3.05, 3.63) is 98.8 Å². The van der Waals surface area contributed by atoms with E-state index in [1.807, 2.05) is 0 Å². The first kappa shape index (κ1) is 36.4. The molecular weight excluding hydrogens is 695 g/mol. The number of hydroxylamine groups is 2. The molecule has 5 rings (SSSR count). The molecule has 4 unspecified atom stereocenters. The Labute approximate surface area is 294 Å². The Morgan fingerprint density at radius 1 is 0.959 bits per heavy atom. The molecule has 0 spiro atoms. The Morgan fingerprint density at radius 3 is 2.33 bits per heavy atom. The van der Waals surface area contributed by atoms with Gasteiger partial charge in [0.05, 0.1) is 29.6 Å². The van der Waals surface area contributed by atoms with Gasteiger partial charge in [-0.25, -0.2) is 13.1 Å². The Balaban J connectivity index is 1.60. The molecule has 4 atom stereocenters. The van der Waals surface area contributed by atoms with Crippen LogP contribution in [0.2, 0.25) is 10.0 Å². The van der Waals surface area contributed by atoms with Crippen LogP contribution in [0.5, 0.6) is 0 Å². The molecule has 2 aromatic carbocycles. The summed E-state index contributed by atoms with van der Waals surface area (Å²) in [5.41, 5.74) is 1.77. The Hall–Kier alpha value is -3.88. The van der Waals surface area contributed by atoms with Gasteiger partial charge in [-0.3, -0.25) is 29.0 Å². The van der Waals surface area contributed by atoms with E-state index in [-0.39, 0.29) is 23.8 Å². The van der Waals surface area contributed by atoms with Gasteiger partial charge in [-0.2, -0.15) is 5.06 Å². The number of esters is 1. The second-order valence-corrected chi connectivity index (χ2v) is 14.7. The van der Waals surface area contributed by atoms with Crippen molar-refractivity contribution >= 4 is 56.9 Å². The van der Waals surface area contributed by atoms with Crippen LogP contribution in [0.1, 0.15) is 84.4 Å². The van der Waals surface area contributed by atoms with Crippen LogP contribution in [0.4, 0.5) is 0 Å². The first-order valence-corrected chi connectivity index (χ1v) is 18.3. The molecule has 1 aromatic heterocycles. The number of carbonyl (C=O) groups is 4. The number of hydrogen-bond acceptors (Lipinski definition) is 9. The standard InChI is InChI=1S/C34H36Cl2N4O8S/c1-20(41)40(48-19-24-10-8-9-23(37-24)18-47-21(2)42)34(44)31-25-11-4-5-12-26(25)33(43)39(32(31)27-16-15-22(35)17-28(27)36)30-14-7-6-13-29(30)38-49(3,45)46/h4-5,8-12,15-17,29-32,38H,6-7,13-14,18-19H2,1-3H3. The molecule has 3 amide bonds. The number of sulfonamides is 1. The summed E-state index contributed by atoms with van der Waals surface area (Å²) < 4.78 is 32.7. The fourth-order valence-electron chi connectivity index (χ4n) is 6.54. The van der Waals surface area contributed by atoms with E-state index in [9.17, 15) is 27.6 Å². The van der Waals surface area contributed by atoms with Gasteiger partial charge in [0.2, 0.25) is 15.9 Å². The lowest BCUT2D eigenvalue weighted by molar-refractivity contribution is -0.200. The lowest BCUT2D eigenvalue weighted by Gasteiger charge is -2.49. The van der Waals surface area contributed by atoms with Crippen molar-refractivity contribution in [2.45, 2.75) is 76.8 Å². The molecule has 1 aliphatic heterocycles. The van der Waals surface area contributed by atoms with Crippen molar-refractivity contribution in [3.8, 4) is 0 Å². The minimum absolute atomic E-state index is 0.0683. The maximum absolute atomic E-state index is 14.8. The van der Waals surface area contributed by atoms with Crippen molar-refractivity contribution in [1.29, 1.82) is 0 Å². The highest BCUT2D eigenvalue weighted by Crippen LogP contribution is 2.48. The SMILES string of the molecule is CC(=O)OCc1cccc(CON(C(C)=O)C(=O)C2c3ccccc3C(=O)N(C3CCCCC3NS(C)(=O)=O)C2c2ccc(Cl)cc2Cl)n1. The lowest BCUT2D eigenvalue weighted by atomic mass is 9.76. The van der Waals surface area contributed by atoms with Crippen LogP contribution in [0.25, 0.3) is 0 Å². The summed E-state index contributed by atoms with van der Waals surface area (Å²) in [4.78, 5) is 65.4. The quantitative estimate of drug-likeness (QED) is 0.222. The molecule has 15 heteroatoms. The molecule has 1 fully saturated rings. The number of carbonyl (C=O) groups excluding carboxylic acids is 4. The van der Waals surface area contributed by atoms with Crippen molar-refractivity contribution in [2.24, 2.45) is 0 Å². The van der Waals surface area contributed by atoms with Gasteiger partial charge >= 0.3 is 5.97 Å². The summed E-state index contributed by atoms with van der Waals surface area (Å²) in [7, 11) is -3.67. The van der Waals surface area contributed by atoms with Gasteiger partial charge in [-0.15, -0.1) is 0 Å². The number of amides is 3. The predicted molar refractivity (Wildman–Crippen MR) is 181 cm³/mol. The zero-order chi connectivity index (χ0) is 35.5. The number of nitrogens with zero attached hydrogens (tertiary/aromatic N) is 3. The monoisotopic (exact) mass is 730 g/mol. The summed E-state index contributed by atoms with van der Waals surface area (Å²) in [5.74, 6) is -3.59. The zero-order valence-electron chi connectivity index (χ0n) is 27.1. The third kappa shape index (κ3) is 8.47. The summed E-state index contributed by atoms with van der Waals surface area (Å²) in [6.07, 6.45) is 3.43. The predicted octanol–water partition coefficient (Wildman–Crippen LogP) is 5.10. The Morgan fingerprint density at radius 2 is 1.65 bits per heavy atom. The van der Waals surface area contributed by atoms with Gasteiger partial charge in [-0.05, 0) is 54.3 Å². The highest BCUT2D eigenvalue weighted by atomic mass is 35.5. The normalized spacial score (nSPS) is 20.8. The number of fused-ring (bicyclic) bond motifs is 1. The van der Waals surface area contributed by atoms with Crippen LogP contribution in [-0.4, -0.2) is 65.4 Å². The number of rotatable bonds is 10. The molecule has 1 aliphatic carbocycles. The highest BCUT2D eigenvalue weighted by Gasteiger charge is 2.51. The average Bonchev–Trinajstić information content (AvgIpc) is 3.04. The largest absolute Gasteiger partial charge is 0.459 e. The third-order valence-electron chi connectivity index (χ3n) is 8.49. The van der Waals surface area contributed by atoms with Gasteiger partial charge in [-0.1, -0.05) is 66.4 Å². The molecule has 1 saturated carbocycles. The lowest BCUT2D eigenvalue weighted by Crippen LogP contribution is -2.59. The Bertz CT molecular complexity index is 1870. The van der Waals surface area contributed by atoms with E-state index >= 15 is 0 Å². The molecule has 260 valence electrons. The number of aromatic nitrogens is 1. The van der Waals surface area contributed by atoms with Crippen LogP contribution in [0.3, 0.4) is 0 Å². The van der Waals surface area contributed by atoms with Crippen molar-refractivity contribution in [1.82, 2.24) is 19.7 Å². The first-order valence-electron chi connectivity index (χ1n) is 15.6. The van der Waals surface area contributed by atoms with Crippen LogP contribution >= 0.6 is 23.2 Å². The second kappa shape index (κ2) is 15.3. The third-order valence-corrected chi connectivity index (χ3v) is 9.78. The number of halogens is 2. The van der Waals surface area contributed by atoms with E-state index < -0.39 is 57.8 Å². The number of pyridine rings is 1. The van der Waals surface area contributed by atoms with E-state index in [4.69, 9.17) is 32.8 Å². The molecule has 0 bridgehead atoms. The van der Waals surface area contributed by atoms with Crippen LogP contribution in [-0.2, 0) is 47.2 Å². The average molecular weight is 732 g/mol. The van der Waals surface area contributed by atoms with Crippen molar-refractivity contribution in [2.75, 3.05) is 6.26 Å². The minimum atomic E-state index is -3.67. The first-order chi connectivity index (χ1) is 23.2. The van der Waals surface area contributed by atoms with Crippen molar-refractivity contribution in [3.63, 3.8) is 0 Å². The fraction of sp³-hybridized carbons (Fsp3) is 0.382. The molecule has 0 radical (unpaired) electrons. The Kier molecular flexibility index (Phi) is 11.4. The molecule has 0 saturated heterocycles. The summed E-state index contributed by atoms with van der Waals surface area (Å²) in [6.45, 7) is 2.10. The van der Waals surface area contributed by atoms with Gasteiger partial charge < -0.3 is 9.64 Å². The van der Waals surface area contributed by atoms with Crippen molar-refractivity contribution < 1.29 is 37.2 Å². The van der Waals surface area contributed by atoms with Gasteiger partial charge in [0.1, 0.15) is 13.2 Å². The minimum Gasteiger partial charge on any atom is -0.459 e. The summed E-state index contributed by atoms with van der Waals surface area (Å²) in [5, 5.41) is 1.16. The number of nitrogens with one attached hydrogen (secondary N) is 1. The second-order valence-electron chi connectivity index (χ2n) is 12.1. The number of benzene rings is 2. The molecule has 12 nitrogen and oxygen atoms in total. The summed E-state index contributed by atoms with van der Waals surface area (Å²) in [6, 6.07) is 13.9. The van der Waals surface area contributed by atoms with E-state index in [1.54, 1.807) is 59.5 Å². The molecule has 2 aliphatic rings. The zero-order valence-corrected chi connectivity index (χ0v) is 29.4. The molecule has 49 heavy (non-hydrogen) atoms. The smallest absolute Gasteiger partial charge is 0.303 e. The van der Waals surface area contributed by atoms with Gasteiger partial charge in [0, 0.05) is 41.5 Å². The molecular formula is C34H36Cl2N4O8S. The maximum Gasteiger partial charge on any atom is 0.303 e. The van der Waals surface area contributed by atoms with E-state index in [0.717, 1.165) is 12.7 Å². The van der Waals surface area contributed by atoms with E-state index in [1.165, 1.54) is 19.9 Å². The van der Waals surface area contributed by atoms with Crippen LogP contribution in [0, 0.1) is 0 Å². The van der Waals surface area contributed by atoms with E-state index in [0.29, 0.717) is 51.9 Å². The topological polar surface area (TPSA) is 152 Å². The summed E-state index contributed by atoms with van der Waals surface area (Å²) >= 11 is 13.1. The van der Waals surface area contributed by atoms with Gasteiger partial charge in [0.25, 0.3) is 11.8 Å². The molecule has 1 N–H and O–H groups in total. The van der Waals surface area contributed by atoms with Gasteiger partial charge in [0.15, 0.2) is 0 Å². The number of hydrogen-bond donors (Lipinski definition) is 1. The molecule has 3 aromatic rings. The van der Waals surface area contributed by atoms with Crippen LogP contribution < -0.4 is 4.72 Å². The van der Waals surface area contributed by atoms with Crippen LogP contribution in [0.15, 0.2) is 60.7 Å². The number of imide groups is 1. The fourth-order valence-corrected chi connectivity index (χ4v) is 7.89. The molecule has 2 heterocycles. The maximum atomic E-state index is 14.8. The van der Waals surface area contributed by atoms with E-state index in [2.05, 4.69) is 9.71 Å². The highest BCUT2D eigenvalue weighted by molar-refractivity contribution is 7.88. The number of ether oxygens (including phenoxy) is 1.